The fourth-order valence-electron chi connectivity index (χ4n) is 2.36. The highest BCUT2D eigenvalue weighted by Gasteiger charge is 2.23. The highest BCUT2D eigenvalue weighted by molar-refractivity contribution is 8.18. The monoisotopic (exact) mass is 334 g/mol. The predicted molar refractivity (Wildman–Crippen MR) is 102 cm³/mol. The molecule has 0 radical (unpaired) electrons. The van der Waals surface area contributed by atoms with Crippen LogP contribution in [0.2, 0.25) is 0 Å². The second-order valence-electron chi connectivity index (χ2n) is 5.62. The number of amides is 1. The Kier molecular flexibility index (Phi) is 4.96. The Labute approximate surface area is 146 Å². The molecule has 0 aliphatic carbocycles. The number of carbonyl (C=O) groups is 1. The average molecular weight is 334 g/mol. The summed E-state index contributed by atoms with van der Waals surface area (Å²) in [6, 6.07) is 17.9. The number of aryl methyl sites for hydroxylation is 1. The minimum Gasteiger partial charge on any atom is -0.300 e. The van der Waals surface area contributed by atoms with Crippen molar-refractivity contribution in [3.8, 4) is 0 Å². The number of rotatable bonds is 3. The van der Waals surface area contributed by atoms with Gasteiger partial charge in [0.15, 0.2) is 5.17 Å². The maximum Gasteiger partial charge on any atom is 0.264 e. The van der Waals surface area contributed by atoms with Gasteiger partial charge >= 0.3 is 0 Å². The summed E-state index contributed by atoms with van der Waals surface area (Å²) >= 11 is 1.37. The average Bonchev–Trinajstić information content (AvgIpc) is 2.87. The van der Waals surface area contributed by atoms with Crippen molar-refractivity contribution in [3.63, 3.8) is 0 Å². The van der Waals surface area contributed by atoms with Crippen LogP contribution in [0.25, 0.3) is 6.08 Å². The van der Waals surface area contributed by atoms with Gasteiger partial charge in [0.05, 0.1) is 10.6 Å². The van der Waals surface area contributed by atoms with Crippen molar-refractivity contribution in [2.45, 2.75) is 13.8 Å². The first-order valence-electron chi connectivity index (χ1n) is 7.70. The van der Waals surface area contributed by atoms with E-state index in [2.05, 4.69) is 16.4 Å². The number of amidine groups is 1. The van der Waals surface area contributed by atoms with Crippen molar-refractivity contribution >= 4 is 34.6 Å². The minimum atomic E-state index is -0.104. The van der Waals surface area contributed by atoms with Gasteiger partial charge in [-0.05, 0) is 60.5 Å². The maximum absolute atomic E-state index is 12.1. The molecular weight excluding hydrogens is 316 g/mol. The zero-order valence-electron chi connectivity index (χ0n) is 13.6. The van der Waals surface area contributed by atoms with Crippen LogP contribution in [0, 0.1) is 6.92 Å². The summed E-state index contributed by atoms with van der Waals surface area (Å²) in [5.41, 5.74) is 4.12. The smallest absolute Gasteiger partial charge is 0.264 e. The number of hydrogen-bond acceptors (Lipinski definition) is 3. The molecule has 1 aliphatic heterocycles. The Morgan fingerprint density at radius 3 is 2.67 bits per heavy atom. The highest BCUT2D eigenvalue weighted by Crippen LogP contribution is 2.27. The quantitative estimate of drug-likeness (QED) is 0.817. The van der Waals surface area contributed by atoms with Crippen LogP contribution in [-0.4, -0.2) is 11.1 Å². The van der Waals surface area contributed by atoms with Crippen LogP contribution in [0.4, 0.5) is 5.69 Å². The SMILES string of the molecule is CC(/C=C1\SC(=Nc2cccc(C)c2)NC1=O)=C\c1ccccc1. The number of hydrogen-bond donors (Lipinski definition) is 1. The molecule has 1 fully saturated rings. The molecule has 0 saturated carbocycles. The van der Waals surface area contributed by atoms with Crippen molar-refractivity contribution in [1.82, 2.24) is 5.32 Å². The van der Waals surface area contributed by atoms with Crippen molar-refractivity contribution in [1.29, 1.82) is 0 Å². The molecular formula is C20H18N2OS. The summed E-state index contributed by atoms with van der Waals surface area (Å²) in [5.74, 6) is -0.104. The van der Waals surface area contributed by atoms with E-state index in [0.717, 1.165) is 22.4 Å². The van der Waals surface area contributed by atoms with E-state index < -0.39 is 0 Å². The van der Waals surface area contributed by atoms with Gasteiger partial charge in [0.2, 0.25) is 0 Å². The first-order valence-corrected chi connectivity index (χ1v) is 8.51. The zero-order chi connectivity index (χ0) is 16.9. The van der Waals surface area contributed by atoms with Crippen LogP contribution in [0.3, 0.4) is 0 Å². The standard InChI is InChI=1S/C20H18N2OS/c1-14-7-6-10-17(12-14)21-20-22-19(23)18(24-20)13-15(2)11-16-8-4-3-5-9-16/h3-13H,1-2H3,(H,21,22,23)/b15-11+,18-13-. The normalized spacial score (nSPS) is 18.2. The lowest BCUT2D eigenvalue weighted by molar-refractivity contribution is -0.115. The molecule has 1 amide bonds. The Hall–Kier alpha value is -2.59. The summed E-state index contributed by atoms with van der Waals surface area (Å²) in [6.45, 7) is 4.01. The number of nitrogens with one attached hydrogen (secondary N) is 1. The Balaban J connectivity index is 1.78. The van der Waals surface area contributed by atoms with Gasteiger partial charge < -0.3 is 5.32 Å². The van der Waals surface area contributed by atoms with Gasteiger partial charge in [0.1, 0.15) is 0 Å². The van der Waals surface area contributed by atoms with Crippen LogP contribution >= 0.6 is 11.8 Å². The number of aliphatic imine (C=N–C) groups is 1. The largest absolute Gasteiger partial charge is 0.300 e. The van der Waals surface area contributed by atoms with Gasteiger partial charge in [0.25, 0.3) is 5.91 Å². The summed E-state index contributed by atoms with van der Waals surface area (Å²) in [7, 11) is 0. The van der Waals surface area contributed by atoms with Crippen LogP contribution < -0.4 is 5.32 Å². The van der Waals surface area contributed by atoms with E-state index >= 15 is 0 Å². The lowest BCUT2D eigenvalue weighted by atomic mass is 10.1. The summed E-state index contributed by atoms with van der Waals surface area (Å²) in [5, 5.41) is 3.43. The van der Waals surface area contributed by atoms with E-state index in [1.807, 2.05) is 74.5 Å². The number of benzene rings is 2. The molecule has 3 rings (SSSR count). The van der Waals surface area contributed by atoms with Crippen molar-refractivity contribution in [2.24, 2.45) is 4.99 Å². The molecule has 2 aromatic carbocycles. The fraction of sp³-hybridized carbons (Fsp3) is 0.100. The fourth-order valence-corrected chi connectivity index (χ4v) is 3.25. The number of thioether (sulfide) groups is 1. The van der Waals surface area contributed by atoms with Crippen molar-refractivity contribution < 1.29 is 4.79 Å². The Bertz CT molecular complexity index is 851. The molecule has 0 aromatic heterocycles. The number of carbonyl (C=O) groups excluding carboxylic acids is 1. The zero-order valence-corrected chi connectivity index (χ0v) is 14.4. The minimum absolute atomic E-state index is 0.104. The molecule has 120 valence electrons. The second-order valence-corrected chi connectivity index (χ2v) is 6.65. The van der Waals surface area contributed by atoms with Gasteiger partial charge in [0, 0.05) is 0 Å². The molecule has 0 bridgehead atoms. The molecule has 0 unspecified atom stereocenters. The molecule has 4 heteroatoms. The lowest BCUT2D eigenvalue weighted by Crippen LogP contribution is -2.19. The second kappa shape index (κ2) is 7.32. The highest BCUT2D eigenvalue weighted by atomic mass is 32.2. The van der Waals surface area contributed by atoms with Crippen LogP contribution in [0.5, 0.6) is 0 Å². The van der Waals surface area contributed by atoms with Gasteiger partial charge in [-0.2, -0.15) is 0 Å². The van der Waals surface area contributed by atoms with E-state index in [1.165, 1.54) is 11.8 Å². The predicted octanol–water partition coefficient (Wildman–Crippen LogP) is 4.83. The Morgan fingerprint density at radius 2 is 1.92 bits per heavy atom. The van der Waals surface area contributed by atoms with E-state index in [0.29, 0.717) is 10.1 Å². The topological polar surface area (TPSA) is 41.5 Å². The van der Waals surface area contributed by atoms with Crippen LogP contribution in [0.15, 0.2) is 76.1 Å². The first-order chi connectivity index (χ1) is 11.6. The third-order valence-electron chi connectivity index (χ3n) is 3.44. The number of allylic oxidation sites excluding steroid dienone is 2. The first kappa shape index (κ1) is 16.3. The van der Waals surface area contributed by atoms with E-state index in [-0.39, 0.29) is 5.91 Å². The molecule has 1 heterocycles. The summed E-state index contributed by atoms with van der Waals surface area (Å²) in [6.07, 6.45) is 3.95. The molecule has 0 atom stereocenters. The number of nitrogens with zero attached hydrogens (tertiary/aromatic N) is 1. The summed E-state index contributed by atoms with van der Waals surface area (Å²) < 4.78 is 0. The molecule has 2 aromatic rings. The molecule has 1 aliphatic rings. The van der Waals surface area contributed by atoms with E-state index in [9.17, 15) is 4.79 Å². The molecule has 1 saturated heterocycles. The van der Waals surface area contributed by atoms with Crippen molar-refractivity contribution in [3.05, 3.63) is 82.3 Å². The van der Waals surface area contributed by atoms with Crippen molar-refractivity contribution in [2.75, 3.05) is 0 Å². The van der Waals surface area contributed by atoms with Gasteiger partial charge in [-0.15, -0.1) is 0 Å². The Morgan fingerprint density at radius 1 is 1.12 bits per heavy atom. The third-order valence-corrected chi connectivity index (χ3v) is 4.35. The van der Waals surface area contributed by atoms with Gasteiger partial charge in [-0.25, -0.2) is 4.99 Å². The molecule has 3 nitrogen and oxygen atoms in total. The van der Waals surface area contributed by atoms with Gasteiger partial charge in [-0.1, -0.05) is 48.5 Å². The van der Waals surface area contributed by atoms with Crippen LogP contribution in [0.1, 0.15) is 18.1 Å². The van der Waals surface area contributed by atoms with E-state index in [1.54, 1.807) is 0 Å². The summed E-state index contributed by atoms with van der Waals surface area (Å²) in [4.78, 5) is 17.3. The maximum atomic E-state index is 12.1. The van der Waals surface area contributed by atoms with Crippen LogP contribution in [-0.2, 0) is 4.79 Å². The van der Waals surface area contributed by atoms with Gasteiger partial charge in [-0.3, -0.25) is 4.79 Å². The molecule has 24 heavy (non-hydrogen) atoms. The third kappa shape index (κ3) is 4.24. The molecule has 0 spiro atoms. The lowest BCUT2D eigenvalue weighted by Gasteiger charge is -1.97. The molecule has 1 N–H and O–H groups in total. The van der Waals surface area contributed by atoms with E-state index in [4.69, 9.17) is 0 Å².